The molecule has 2 nitrogen and oxygen atoms in total. The fraction of sp³-hybridized carbons (Fsp3) is 0.171. The minimum atomic E-state index is -2.48. The first-order chi connectivity index (χ1) is 18.6. The summed E-state index contributed by atoms with van der Waals surface area (Å²) in [6.45, 7) is 4.89. The van der Waals surface area contributed by atoms with Crippen molar-refractivity contribution in [3.8, 4) is 22.3 Å². The third kappa shape index (κ3) is 3.47. The van der Waals surface area contributed by atoms with Gasteiger partial charge < -0.3 is 24.8 Å². The Kier molecular flexibility index (Phi) is 6.85. The number of hydrogen-bond acceptors (Lipinski definition) is 0. The summed E-state index contributed by atoms with van der Waals surface area (Å²) in [5.41, 5.74) is 14.8. The fourth-order valence-electron chi connectivity index (χ4n) is 7.69. The average molecular weight is 641 g/mol. The van der Waals surface area contributed by atoms with E-state index in [0.29, 0.717) is 7.25 Å². The van der Waals surface area contributed by atoms with Crippen molar-refractivity contribution in [2.75, 3.05) is 0 Å². The largest absolute Gasteiger partial charge is 1.00 e. The van der Waals surface area contributed by atoms with Crippen molar-refractivity contribution in [3.63, 3.8) is 0 Å². The van der Waals surface area contributed by atoms with Gasteiger partial charge in [-0.25, -0.2) is 0 Å². The molecule has 0 bridgehead atoms. The molecule has 8 rings (SSSR count). The van der Waals surface area contributed by atoms with Gasteiger partial charge in [0.15, 0.2) is 0 Å². The van der Waals surface area contributed by atoms with Crippen molar-refractivity contribution in [3.05, 3.63) is 120 Å². The van der Waals surface area contributed by atoms with Gasteiger partial charge in [0, 0.05) is 0 Å². The molecular weight excluding hydrogens is 611 g/mol. The molecule has 0 radical (unpaired) electrons. The van der Waals surface area contributed by atoms with Crippen LogP contribution in [0.1, 0.15) is 43.6 Å². The number of nitrogens with zero attached hydrogens (tertiary/aromatic N) is 2. The van der Waals surface area contributed by atoms with Gasteiger partial charge in [-0.3, -0.25) is 0 Å². The molecule has 2 aromatic heterocycles. The smallest absolute Gasteiger partial charge is 1.00 e. The van der Waals surface area contributed by atoms with Crippen LogP contribution in [0.2, 0.25) is 0 Å². The Morgan fingerprint density at radius 1 is 0.550 bits per heavy atom. The summed E-state index contributed by atoms with van der Waals surface area (Å²) in [5, 5.41) is 2.79. The third-order valence-corrected chi connectivity index (χ3v) is 17.9. The van der Waals surface area contributed by atoms with Crippen LogP contribution >= 0.6 is 0 Å². The zero-order valence-electron chi connectivity index (χ0n) is 23.0. The minimum Gasteiger partial charge on any atom is -1.00 e. The maximum absolute atomic E-state index is 2.53. The topological polar surface area (TPSA) is 9.86 Å². The van der Waals surface area contributed by atoms with Crippen molar-refractivity contribution in [2.24, 2.45) is 14.1 Å². The molecule has 198 valence electrons. The molecule has 0 amide bonds. The van der Waals surface area contributed by atoms with Crippen molar-refractivity contribution in [1.82, 2.24) is 9.13 Å². The third-order valence-electron chi connectivity index (χ3n) is 9.13. The van der Waals surface area contributed by atoms with Gasteiger partial charge in [-0.1, -0.05) is 0 Å². The predicted molar refractivity (Wildman–Crippen MR) is 157 cm³/mol. The number of hydrogen-bond donors (Lipinski definition) is 0. The first kappa shape index (κ1) is 27.5. The van der Waals surface area contributed by atoms with Gasteiger partial charge in [0.1, 0.15) is 0 Å². The zero-order valence-corrected chi connectivity index (χ0v) is 27.0. The molecule has 0 aliphatic heterocycles. The Labute approximate surface area is 255 Å². The number of fused-ring (bicyclic) bond motifs is 10. The van der Waals surface area contributed by atoms with Crippen LogP contribution in [0.25, 0.3) is 44.1 Å². The molecule has 0 saturated carbocycles. The van der Waals surface area contributed by atoms with Crippen molar-refractivity contribution in [1.29, 1.82) is 0 Å². The Hall–Kier alpha value is -2.71. The van der Waals surface area contributed by atoms with Crippen molar-refractivity contribution < 1.29 is 46.1 Å². The van der Waals surface area contributed by atoms with E-state index < -0.39 is 21.3 Å². The molecular formula is C35H30Cl2N2Zr. The predicted octanol–water partition coefficient (Wildman–Crippen LogP) is 2.35. The molecule has 2 aliphatic carbocycles. The first-order valence-electron chi connectivity index (χ1n) is 13.6. The minimum absolute atomic E-state index is 0. The van der Waals surface area contributed by atoms with Crippen LogP contribution in [0.4, 0.5) is 0 Å². The molecule has 4 aromatic carbocycles. The average Bonchev–Trinajstić information content (AvgIpc) is 3.63. The molecule has 0 saturated heterocycles. The van der Waals surface area contributed by atoms with Gasteiger partial charge in [-0.05, 0) is 0 Å². The van der Waals surface area contributed by atoms with E-state index in [4.69, 9.17) is 0 Å². The van der Waals surface area contributed by atoms with E-state index >= 15 is 0 Å². The molecule has 2 atom stereocenters. The van der Waals surface area contributed by atoms with Crippen LogP contribution in [-0.2, 0) is 35.4 Å². The SMILES string of the molecule is C[C](C)=[Zr+2]([CH]1c2ccccc2-c2c1n(C)c1ccccc21)[CH]1c2ccccc2-c2c1n(C)c1ccccc21.[Cl-].[Cl-]. The van der Waals surface area contributed by atoms with Gasteiger partial charge in [-0.15, -0.1) is 0 Å². The van der Waals surface area contributed by atoms with Crippen molar-refractivity contribution >= 4 is 25.0 Å². The van der Waals surface area contributed by atoms with Gasteiger partial charge in [0.05, 0.1) is 0 Å². The second-order valence-electron chi connectivity index (χ2n) is 11.2. The number of halogens is 2. The van der Waals surface area contributed by atoms with E-state index in [1.165, 1.54) is 44.1 Å². The van der Waals surface area contributed by atoms with Crippen LogP contribution < -0.4 is 24.8 Å². The molecule has 2 unspecified atom stereocenters. The maximum Gasteiger partial charge on any atom is -1.00 e. The molecule has 2 heterocycles. The standard InChI is InChI=1S/2C16H12N.C3H6.2ClH.Zr/c2*1-17-14-9-5-4-8-13(14)16-12-7-3-2-6-11(12)10-15(16)17;1-3-2;;;/h2*2-10H,1H3;1-2H3;2*1H;/q;;;;;+2/p-2. The molecule has 0 fully saturated rings. The fourth-order valence-corrected chi connectivity index (χ4v) is 17.3. The summed E-state index contributed by atoms with van der Waals surface area (Å²) in [5.74, 6) is 0. The molecule has 0 spiro atoms. The summed E-state index contributed by atoms with van der Waals surface area (Å²) < 4.78 is 7.70. The monoisotopic (exact) mass is 638 g/mol. The summed E-state index contributed by atoms with van der Waals surface area (Å²) >= 11 is -2.48. The molecule has 2 aliphatic rings. The Balaban J connectivity index is 0.00000145. The number of aromatic nitrogens is 2. The van der Waals surface area contributed by atoms with Crippen molar-refractivity contribution in [2.45, 2.75) is 21.1 Å². The van der Waals surface area contributed by atoms with Gasteiger partial charge in [0.2, 0.25) is 0 Å². The Morgan fingerprint density at radius 2 is 0.925 bits per heavy atom. The van der Waals surface area contributed by atoms with E-state index in [1.54, 1.807) is 25.7 Å². The Morgan fingerprint density at radius 3 is 1.35 bits per heavy atom. The number of benzene rings is 4. The quantitative estimate of drug-likeness (QED) is 0.275. The van der Waals surface area contributed by atoms with E-state index in [0.717, 1.165) is 0 Å². The number of rotatable bonds is 2. The summed E-state index contributed by atoms with van der Waals surface area (Å²) in [6.07, 6.45) is 0. The van der Waals surface area contributed by atoms with Crippen LogP contribution in [0.5, 0.6) is 0 Å². The molecule has 6 aromatic rings. The number of aryl methyl sites for hydroxylation is 2. The molecule has 40 heavy (non-hydrogen) atoms. The van der Waals surface area contributed by atoms with E-state index in [1.807, 2.05) is 0 Å². The summed E-state index contributed by atoms with van der Waals surface area (Å²) in [7, 11) is 4.60. The van der Waals surface area contributed by atoms with Crippen LogP contribution in [0.3, 0.4) is 0 Å². The second kappa shape index (κ2) is 9.98. The van der Waals surface area contributed by atoms with Crippen LogP contribution in [0, 0.1) is 0 Å². The van der Waals surface area contributed by atoms with Crippen LogP contribution in [0.15, 0.2) is 97.1 Å². The van der Waals surface area contributed by atoms with Gasteiger partial charge in [-0.2, -0.15) is 0 Å². The zero-order chi connectivity index (χ0) is 25.7. The summed E-state index contributed by atoms with van der Waals surface area (Å²) in [6, 6.07) is 36.6. The van der Waals surface area contributed by atoms with E-state index in [9.17, 15) is 0 Å². The second-order valence-corrected chi connectivity index (χ2v) is 18.7. The number of para-hydroxylation sites is 2. The van der Waals surface area contributed by atoms with Gasteiger partial charge in [0.25, 0.3) is 0 Å². The maximum atomic E-state index is 2.53. The first-order valence-corrected chi connectivity index (χ1v) is 17.6. The Bertz CT molecular complexity index is 1850. The molecule has 5 heteroatoms. The normalized spacial score (nSPS) is 15.9. The molecule has 0 N–H and O–H groups in total. The van der Waals surface area contributed by atoms with Crippen LogP contribution in [-0.4, -0.2) is 12.3 Å². The van der Waals surface area contributed by atoms with E-state index in [-0.39, 0.29) is 24.8 Å². The summed E-state index contributed by atoms with van der Waals surface area (Å²) in [4.78, 5) is 0. The van der Waals surface area contributed by atoms with Gasteiger partial charge >= 0.3 is 232 Å². The van der Waals surface area contributed by atoms with E-state index in [2.05, 4.69) is 134 Å².